The molecule has 2 aliphatic rings. The summed E-state index contributed by atoms with van der Waals surface area (Å²) in [6.07, 6.45) is 5.38. The van der Waals surface area contributed by atoms with Crippen LogP contribution in [0.1, 0.15) is 37.7 Å². The molecule has 0 bridgehead atoms. The Bertz CT molecular complexity index is 698. The summed E-state index contributed by atoms with van der Waals surface area (Å²) >= 11 is 6.78. The quantitative estimate of drug-likeness (QED) is 0.373. The molecular weight excluding hydrogens is 444 g/mol. The number of ether oxygens (including phenoxy) is 3. The number of rotatable bonds is 2. The van der Waals surface area contributed by atoms with Gasteiger partial charge in [-0.3, -0.25) is 0 Å². The maximum Gasteiger partial charge on any atom is 0.348 e. The van der Waals surface area contributed by atoms with Crippen molar-refractivity contribution in [3.8, 4) is 5.75 Å². The Kier molecular flexibility index (Phi) is 5.01. The number of carbonyl (C=O) groups is 2. The molecule has 1 saturated carbocycles. The van der Waals surface area contributed by atoms with Crippen LogP contribution in [0.4, 0.5) is 0 Å². The molecule has 0 N–H and O–H groups in total. The topological polar surface area (TPSA) is 61.8 Å². The van der Waals surface area contributed by atoms with Crippen molar-refractivity contribution in [1.82, 2.24) is 0 Å². The van der Waals surface area contributed by atoms with Crippen molar-refractivity contribution < 1.29 is 23.8 Å². The van der Waals surface area contributed by atoms with Crippen molar-refractivity contribution in [1.29, 1.82) is 0 Å². The van der Waals surface area contributed by atoms with Gasteiger partial charge in [0.25, 0.3) is 5.79 Å². The molecule has 0 radical (unpaired) electrons. The van der Waals surface area contributed by atoms with Gasteiger partial charge in [0.05, 0.1) is 11.6 Å². The minimum atomic E-state index is -1.08. The van der Waals surface area contributed by atoms with Gasteiger partial charge in [0, 0.05) is 22.9 Å². The lowest BCUT2D eigenvalue weighted by Gasteiger charge is -2.38. The molecule has 0 aromatic heterocycles. The summed E-state index contributed by atoms with van der Waals surface area (Å²) in [5.41, 5.74) is 0.441. The summed E-state index contributed by atoms with van der Waals surface area (Å²) in [5, 5.41) is 0. The highest BCUT2D eigenvalue weighted by atomic mass is 79.9. The molecule has 3 rings (SSSR count). The van der Waals surface area contributed by atoms with E-state index in [0.717, 1.165) is 23.7 Å². The second-order valence-corrected chi connectivity index (χ2v) is 7.59. The molecular formula is C17H16Br2O5. The van der Waals surface area contributed by atoms with Crippen LogP contribution in [0.3, 0.4) is 0 Å². The zero-order valence-electron chi connectivity index (χ0n) is 13.1. The number of carbonyl (C=O) groups excluding carboxylic acids is 2. The molecule has 1 saturated heterocycles. The molecule has 1 aliphatic carbocycles. The van der Waals surface area contributed by atoms with Gasteiger partial charge in [-0.25, -0.2) is 9.59 Å². The van der Waals surface area contributed by atoms with Gasteiger partial charge in [-0.15, -0.1) is 0 Å². The number of hydrogen-bond acceptors (Lipinski definition) is 5. The largest absolute Gasteiger partial charge is 0.495 e. The summed E-state index contributed by atoms with van der Waals surface area (Å²) in [7, 11) is 1.52. The number of methoxy groups -OCH3 is 1. The highest BCUT2D eigenvalue weighted by Gasteiger charge is 2.46. The predicted molar refractivity (Wildman–Crippen MR) is 94.4 cm³/mol. The fourth-order valence-corrected chi connectivity index (χ4v) is 4.44. The van der Waals surface area contributed by atoms with Crippen LogP contribution < -0.4 is 4.74 Å². The minimum absolute atomic E-state index is 0.130. The molecule has 7 heteroatoms. The van der Waals surface area contributed by atoms with Gasteiger partial charge in [-0.1, -0.05) is 22.4 Å². The summed E-state index contributed by atoms with van der Waals surface area (Å²) in [6, 6.07) is 3.57. The molecule has 1 heterocycles. The Labute approximate surface area is 156 Å². The SMILES string of the molecule is COc1c(Br)cc(Br)cc1C=C1C(=O)OC2(CCCCC2)OC1=O. The molecule has 5 nitrogen and oxygen atoms in total. The molecule has 0 unspecified atom stereocenters. The van der Waals surface area contributed by atoms with Crippen LogP contribution in [0, 0.1) is 0 Å². The molecule has 0 atom stereocenters. The maximum absolute atomic E-state index is 12.4. The molecule has 0 amide bonds. The Hall–Kier alpha value is -1.34. The van der Waals surface area contributed by atoms with E-state index in [1.165, 1.54) is 13.2 Å². The van der Waals surface area contributed by atoms with E-state index in [2.05, 4.69) is 31.9 Å². The van der Waals surface area contributed by atoms with Gasteiger partial charge in [0.15, 0.2) is 0 Å². The first-order chi connectivity index (χ1) is 11.4. The summed E-state index contributed by atoms with van der Waals surface area (Å²) in [5.74, 6) is -1.85. The predicted octanol–water partition coefficient (Wildman–Crippen LogP) is 4.36. The molecule has 1 aromatic rings. The second kappa shape index (κ2) is 6.88. The third-order valence-corrected chi connectivity index (χ3v) is 5.20. The Morgan fingerprint density at radius 1 is 1.08 bits per heavy atom. The van der Waals surface area contributed by atoms with Crippen LogP contribution in [-0.4, -0.2) is 24.8 Å². The van der Waals surface area contributed by atoms with Crippen LogP contribution in [0.15, 0.2) is 26.7 Å². The second-order valence-electron chi connectivity index (χ2n) is 5.82. The van der Waals surface area contributed by atoms with Crippen molar-refractivity contribution in [2.75, 3.05) is 7.11 Å². The first-order valence-electron chi connectivity index (χ1n) is 7.65. The Morgan fingerprint density at radius 3 is 2.29 bits per heavy atom. The first-order valence-corrected chi connectivity index (χ1v) is 9.24. The van der Waals surface area contributed by atoms with Gasteiger partial charge in [-0.2, -0.15) is 0 Å². The fourth-order valence-electron chi connectivity index (χ4n) is 3.02. The average Bonchev–Trinajstić information content (AvgIpc) is 2.51. The van der Waals surface area contributed by atoms with Crippen LogP contribution >= 0.6 is 31.9 Å². The highest BCUT2D eigenvalue weighted by molar-refractivity contribution is 9.11. The number of hydrogen-bond donors (Lipinski definition) is 0. The lowest BCUT2D eigenvalue weighted by molar-refractivity contribution is -0.244. The Balaban J connectivity index is 1.94. The number of benzene rings is 1. The third kappa shape index (κ3) is 3.37. The van der Waals surface area contributed by atoms with E-state index in [0.29, 0.717) is 28.6 Å². The van der Waals surface area contributed by atoms with Crippen molar-refractivity contribution in [2.24, 2.45) is 0 Å². The van der Waals surface area contributed by atoms with Gasteiger partial charge >= 0.3 is 11.9 Å². The Morgan fingerprint density at radius 2 is 1.71 bits per heavy atom. The monoisotopic (exact) mass is 458 g/mol. The lowest BCUT2D eigenvalue weighted by atomic mass is 9.93. The van der Waals surface area contributed by atoms with Crippen molar-refractivity contribution in [3.63, 3.8) is 0 Å². The van der Waals surface area contributed by atoms with Crippen molar-refractivity contribution in [2.45, 2.75) is 37.9 Å². The van der Waals surface area contributed by atoms with E-state index in [1.807, 2.05) is 6.07 Å². The number of halogens is 2. The first kappa shape index (κ1) is 17.5. The number of esters is 2. The molecule has 24 heavy (non-hydrogen) atoms. The van der Waals surface area contributed by atoms with E-state index in [4.69, 9.17) is 14.2 Å². The van der Waals surface area contributed by atoms with Crippen molar-refractivity contribution in [3.05, 3.63) is 32.2 Å². The molecule has 2 fully saturated rings. The maximum atomic E-state index is 12.4. The van der Waals surface area contributed by atoms with E-state index >= 15 is 0 Å². The minimum Gasteiger partial charge on any atom is -0.495 e. The smallest absolute Gasteiger partial charge is 0.348 e. The molecule has 1 aromatic carbocycles. The zero-order chi connectivity index (χ0) is 17.3. The third-order valence-electron chi connectivity index (χ3n) is 4.15. The zero-order valence-corrected chi connectivity index (χ0v) is 16.2. The standard InChI is InChI=1S/C17H16Br2O5/c1-22-14-10(7-11(18)9-13(14)19)8-12-15(20)23-17(24-16(12)21)5-3-2-4-6-17/h7-9H,2-6H2,1H3. The molecule has 1 spiro atoms. The van der Waals surface area contributed by atoms with E-state index < -0.39 is 17.7 Å². The summed E-state index contributed by atoms with van der Waals surface area (Å²) in [6.45, 7) is 0. The van der Waals surface area contributed by atoms with E-state index in [1.54, 1.807) is 6.07 Å². The highest BCUT2D eigenvalue weighted by Crippen LogP contribution is 2.39. The summed E-state index contributed by atoms with van der Waals surface area (Å²) in [4.78, 5) is 24.8. The fraction of sp³-hybridized carbons (Fsp3) is 0.412. The van der Waals surface area contributed by atoms with Gasteiger partial charge in [0.1, 0.15) is 11.3 Å². The van der Waals surface area contributed by atoms with Gasteiger partial charge in [-0.05, 0) is 47.0 Å². The average molecular weight is 460 g/mol. The van der Waals surface area contributed by atoms with Crippen LogP contribution in [0.5, 0.6) is 5.75 Å². The van der Waals surface area contributed by atoms with E-state index in [-0.39, 0.29) is 5.57 Å². The van der Waals surface area contributed by atoms with Gasteiger partial charge in [0.2, 0.25) is 0 Å². The molecule has 128 valence electrons. The molecule has 1 aliphatic heterocycles. The van der Waals surface area contributed by atoms with Crippen LogP contribution in [-0.2, 0) is 19.1 Å². The van der Waals surface area contributed by atoms with E-state index in [9.17, 15) is 9.59 Å². The van der Waals surface area contributed by atoms with Gasteiger partial charge < -0.3 is 14.2 Å². The lowest BCUT2D eigenvalue weighted by Crippen LogP contribution is -2.47. The van der Waals surface area contributed by atoms with Crippen LogP contribution in [0.25, 0.3) is 6.08 Å². The summed E-state index contributed by atoms with van der Waals surface area (Å²) < 4.78 is 17.8. The van der Waals surface area contributed by atoms with Crippen LogP contribution in [0.2, 0.25) is 0 Å². The van der Waals surface area contributed by atoms with Crippen molar-refractivity contribution >= 4 is 49.9 Å². The normalized spacial score (nSPS) is 19.7.